The van der Waals surface area contributed by atoms with E-state index in [1.165, 1.54) is 16.7 Å². The summed E-state index contributed by atoms with van der Waals surface area (Å²) in [6.07, 6.45) is 15.2. The fraction of sp³-hybridized carbons (Fsp3) is 0.273. The molecule has 12 rings (SSSR count). The van der Waals surface area contributed by atoms with Gasteiger partial charge in [-0.2, -0.15) is 0 Å². The van der Waals surface area contributed by atoms with E-state index in [9.17, 15) is 0 Å². The second-order valence-electron chi connectivity index (χ2n) is 15.9. The van der Waals surface area contributed by atoms with Gasteiger partial charge in [0.1, 0.15) is 43.4 Å². The number of aromatic nitrogens is 6. The number of hydrogen-bond acceptors (Lipinski definition) is 6. The van der Waals surface area contributed by atoms with Gasteiger partial charge in [-0.3, -0.25) is 15.0 Å². The quantitative estimate of drug-likeness (QED) is 0.164. The number of benzene rings is 3. The van der Waals surface area contributed by atoms with Gasteiger partial charge in [0.25, 0.3) is 0 Å². The van der Waals surface area contributed by atoms with Crippen LogP contribution in [-0.4, -0.2) is 15.0 Å². The molecule has 0 aliphatic heterocycles. The fourth-order valence-electron chi connectivity index (χ4n) is 8.64. The van der Waals surface area contributed by atoms with Crippen LogP contribution in [0.25, 0.3) is 99.7 Å². The highest BCUT2D eigenvalue weighted by molar-refractivity contribution is 6.11. The second kappa shape index (κ2) is 29.6. The van der Waals surface area contributed by atoms with E-state index in [0.29, 0.717) is 0 Å². The van der Waals surface area contributed by atoms with Gasteiger partial charge >= 0.3 is 0 Å². The van der Waals surface area contributed by atoms with Crippen LogP contribution in [0.1, 0.15) is 99.8 Å². The lowest BCUT2D eigenvalue weighted by Crippen LogP contribution is -2.30. The van der Waals surface area contributed by atoms with Gasteiger partial charge in [0.15, 0.2) is 35.3 Å². The Morgan fingerprint density at radius 3 is 1.21 bits per heavy atom. The summed E-state index contributed by atoms with van der Waals surface area (Å²) in [6, 6.07) is 39.1. The van der Waals surface area contributed by atoms with Crippen molar-refractivity contribution < 1.29 is 27.0 Å². The van der Waals surface area contributed by atoms with E-state index >= 15 is 0 Å². The Labute approximate surface area is 446 Å². The first-order valence-corrected chi connectivity index (χ1v) is 26.9. The zero-order valence-electron chi connectivity index (χ0n) is 48.0. The summed E-state index contributed by atoms with van der Waals surface area (Å²) >= 11 is 0. The predicted octanol–water partition coefficient (Wildman–Crippen LogP) is 17.5. The highest BCUT2D eigenvalue weighted by atomic mass is 16.3. The molecule has 0 amide bonds. The number of nitrogens with zero attached hydrogens (tertiary/aromatic N) is 6. The van der Waals surface area contributed by atoms with Gasteiger partial charge in [-0.25, -0.2) is 13.7 Å². The topological polar surface area (TPSA) is 89.7 Å². The highest BCUT2D eigenvalue weighted by Crippen LogP contribution is 2.39. The maximum Gasteiger partial charge on any atom is 0.216 e. The lowest BCUT2D eigenvalue weighted by atomic mass is 10.0. The van der Waals surface area contributed by atoms with Crippen LogP contribution in [-0.2, 0) is 21.1 Å². The average molecular weight is 1010 g/mol. The molecule has 390 valence electrons. The zero-order chi connectivity index (χ0) is 55.2. The number of furan rings is 3. The third-order valence-electron chi connectivity index (χ3n) is 11.8. The van der Waals surface area contributed by atoms with Crippen molar-refractivity contribution in [2.45, 2.75) is 104 Å². The SMILES string of the molecule is CC.CC.CC.CC.CC.CC.Cc1ccc2c(oc3cccnc32)c1-c1cccc[n+]1C.Cc1ccc2c(oc3ccncc32)c1-c1cccc[n+]1C.Cc1ccc2c(oc3cnccc32)c1-c1cccc[n+]1C. The molecular weight excluding hydrogens is 925 g/mol. The maximum atomic E-state index is 6.12. The standard InChI is InChI=1S/3C18H15N2O.6C2H6/c1-12-8-9-13-17-15(7-5-10-19-17)21-18(13)16(12)14-6-3-4-11-20(14)2;1-12-6-7-14-13-8-9-19-11-16(13)21-18(14)17(12)15-5-3-4-10-20(15)2;1-12-6-7-13-14-11-19-9-8-16(14)21-18(13)17(12)15-5-3-4-10-20(15)2;6*1-2/h3*3-11H,1-2H3;6*1-2H3/q3*+1;;;;;;. The highest BCUT2D eigenvalue weighted by Gasteiger charge is 2.23. The molecule has 12 aromatic rings. The molecule has 0 radical (unpaired) electrons. The molecule has 9 heteroatoms. The average Bonchev–Trinajstić information content (AvgIpc) is 4.17. The molecule has 0 saturated carbocycles. The summed E-state index contributed by atoms with van der Waals surface area (Å²) < 4.78 is 24.7. The molecule has 9 nitrogen and oxygen atoms in total. The summed E-state index contributed by atoms with van der Waals surface area (Å²) in [4.78, 5) is 12.8. The van der Waals surface area contributed by atoms with E-state index < -0.39 is 0 Å². The number of rotatable bonds is 3. The van der Waals surface area contributed by atoms with Crippen molar-refractivity contribution in [3.8, 4) is 33.8 Å². The van der Waals surface area contributed by atoms with Crippen LogP contribution < -0.4 is 13.7 Å². The third kappa shape index (κ3) is 12.8. The van der Waals surface area contributed by atoms with Crippen LogP contribution in [0.4, 0.5) is 0 Å². The Morgan fingerprint density at radius 1 is 0.333 bits per heavy atom. The minimum absolute atomic E-state index is 0.831. The molecule has 0 bridgehead atoms. The van der Waals surface area contributed by atoms with E-state index in [1.54, 1.807) is 24.8 Å². The van der Waals surface area contributed by atoms with Gasteiger partial charge in [0.2, 0.25) is 17.1 Å². The van der Waals surface area contributed by atoms with Crippen molar-refractivity contribution in [1.29, 1.82) is 0 Å². The van der Waals surface area contributed by atoms with Crippen LogP contribution in [0, 0.1) is 20.8 Å². The van der Waals surface area contributed by atoms with E-state index in [0.717, 1.165) is 99.7 Å². The molecule has 0 unspecified atom stereocenters. The van der Waals surface area contributed by atoms with Crippen molar-refractivity contribution in [3.05, 3.63) is 182 Å². The van der Waals surface area contributed by atoms with Gasteiger partial charge < -0.3 is 13.3 Å². The van der Waals surface area contributed by atoms with E-state index in [2.05, 4.69) is 162 Å². The zero-order valence-corrected chi connectivity index (χ0v) is 48.0. The van der Waals surface area contributed by atoms with Crippen molar-refractivity contribution >= 4 is 65.9 Å². The van der Waals surface area contributed by atoms with Gasteiger partial charge in [-0.15, -0.1) is 0 Å². The van der Waals surface area contributed by atoms with E-state index in [1.807, 2.05) is 132 Å². The molecule has 0 fully saturated rings. The number of aryl methyl sites for hydroxylation is 6. The summed E-state index contributed by atoms with van der Waals surface area (Å²) in [5, 5.41) is 5.49. The minimum atomic E-state index is 0.831. The number of fused-ring (bicyclic) bond motifs is 9. The lowest BCUT2D eigenvalue weighted by Gasteiger charge is -2.04. The molecule has 0 atom stereocenters. The van der Waals surface area contributed by atoms with Gasteiger partial charge in [0, 0.05) is 88.1 Å². The Hall–Kier alpha value is -8.04. The molecule has 9 heterocycles. The first kappa shape index (κ1) is 59.5. The molecule has 0 aliphatic rings. The molecule has 0 N–H and O–H groups in total. The molecule has 9 aromatic heterocycles. The van der Waals surface area contributed by atoms with Gasteiger partial charge in [0.05, 0.1) is 22.9 Å². The largest absolute Gasteiger partial charge is 0.455 e. The Bertz CT molecular complexity index is 3290. The molecule has 0 spiro atoms. The van der Waals surface area contributed by atoms with Crippen molar-refractivity contribution in [3.63, 3.8) is 0 Å². The lowest BCUT2D eigenvalue weighted by molar-refractivity contribution is -0.660. The summed E-state index contributed by atoms with van der Waals surface area (Å²) in [7, 11) is 6.16. The van der Waals surface area contributed by atoms with Crippen LogP contribution in [0.2, 0.25) is 0 Å². The Balaban J connectivity index is 0.000000221. The minimum Gasteiger partial charge on any atom is -0.455 e. The van der Waals surface area contributed by atoms with E-state index in [-0.39, 0.29) is 0 Å². The molecular formula is C66H81N6O3+3. The summed E-state index contributed by atoms with van der Waals surface area (Å²) in [5.41, 5.74) is 16.7. The van der Waals surface area contributed by atoms with E-state index in [4.69, 9.17) is 13.3 Å². The van der Waals surface area contributed by atoms with Crippen LogP contribution >= 0.6 is 0 Å². The van der Waals surface area contributed by atoms with Crippen molar-refractivity contribution in [2.24, 2.45) is 21.1 Å². The molecule has 0 saturated heterocycles. The summed E-state index contributed by atoms with van der Waals surface area (Å²) in [5.74, 6) is 0. The second-order valence-corrected chi connectivity index (χ2v) is 15.9. The van der Waals surface area contributed by atoms with Crippen LogP contribution in [0.5, 0.6) is 0 Å². The molecule has 0 aliphatic carbocycles. The van der Waals surface area contributed by atoms with Gasteiger partial charge in [-0.1, -0.05) is 113 Å². The first-order chi connectivity index (χ1) is 36.8. The third-order valence-corrected chi connectivity index (χ3v) is 11.8. The predicted molar refractivity (Wildman–Crippen MR) is 317 cm³/mol. The Morgan fingerprint density at radius 2 is 0.733 bits per heavy atom. The molecule has 75 heavy (non-hydrogen) atoms. The maximum absolute atomic E-state index is 6.12. The number of hydrogen-bond donors (Lipinski definition) is 0. The number of pyridine rings is 6. The van der Waals surface area contributed by atoms with Crippen molar-refractivity contribution in [1.82, 2.24) is 15.0 Å². The van der Waals surface area contributed by atoms with Crippen molar-refractivity contribution in [2.75, 3.05) is 0 Å². The fourth-order valence-corrected chi connectivity index (χ4v) is 8.64. The van der Waals surface area contributed by atoms with Crippen LogP contribution in [0.15, 0.2) is 178 Å². The van der Waals surface area contributed by atoms with Crippen LogP contribution in [0.3, 0.4) is 0 Å². The molecule has 3 aromatic carbocycles. The first-order valence-electron chi connectivity index (χ1n) is 26.9. The normalized spacial score (nSPS) is 10.0. The Kier molecular flexibility index (Phi) is 23.5. The monoisotopic (exact) mass is 1010 g/mol. The smallest absolute Gasteiger partial charge is 0.216 e. The summed E-state index contributed by atoms with van der Waals surface area (Å²) in [6.45, 7) is 30.4. The van der Waals surface area contributed by atoms with Gasteiger partial charge in [-0.05, 0) is 86.0 Å².